The van der Waals surface area contributed by atoms with Crippen molar-refractivity contribution in [3.05, 3.63) is 42.7 Å². The van der Waals surface area contributed by atoms with Crippen LogP contribution in [0.25, 0.3) is 5.69 Å². The molecule has 0 radical (unpaired) electrons. The van der Waals surface area contributed by atoms with Gasteiger partial charge in [0.1, 0.15) is 0 Å². The van der Waals surface area contributed by atoms with Crippen molar-refractivity contribution in [3.63, 3.8) is 0 Å². The van der Waals surface area contributed by atoms with E-state index in [1.165, 1.54) is 31.4 Å². The van der Waals surface area contributed by atoms with Crippen LogP contribution >= 0.6 is 0 Å². The molecule has 1 aromatic carbocycles. The maximum absolute atomic E-state index is 4.29. The van der Waals surface area contributed by atoms with Crippen molar-refractivity contribution in [1.29, 1.82) is 0 Å². The number of hydrogen-bond acceptors (Lipinski definition) is 2. The Hall–Kier alpha value is -1.77. The quantitative estimate of drug-likeness (QED) is 0.884. The molecule has 1 heterocycles. The highest BCUT2D eigenvalue weighted by molar-refractivity contribution is 5.52. The lowest BCUT2D eigenvalue weighted by atomic mass is 10.1. The molecule has 2 aromatic rings. The van der Waals surface area contributed by atoms with Gasteiger partial charge in [-0.05, 0) is 61.8 Å². The number of aromatic nitrogens is 2. The molecule has 19 heavy (non-hydrogen) atoms. The minimum Gasteiger partial charge on any atom is -0.382 e. The molecule has 1 aromatic heterocycles. The van der Waals surface area contributed by atoms with Gasteiger partial charge in [-0.15, -0.1) is 0 Å². The zero-order valence-corrected chi connectivity index (χ0v) is 11.0. The Bertz CT molecular complexity index is 541. The molecular weight excluding hydrogens is 234 g/mol. The van der Waals surface area contributed by atoms with Crippen LogP contribution in [0.15, 0.2) is 42.7 Å². The first kappa shape index (κ1) is 11.1. The summed E-state index contributed by atoms with van der Waals surface area (Å²) in [4.78, 5) is 0. The fraction of sp³-hybridized carbons (Fsp3) is 0.438. The van der Waals surface area contributed by atoms with Gasteiger partial charge in [-0.1, -0.05) is 6.07 Å². The molecule has 4 rings (SSSR count). The molecule has 2 saturated carbocycles. The number of nitrogens with zero attached hydrogens (tertiary/aromatic N) is 2. The molecule has 0 aliphatic heterocycles. The number of nitrogens with one attached hydrogen (secondary N) is 1. The van der Waals surface area contributed by atoms with Crippen LogP contribution in [0.4, 0.5) is 5.69 Å². The number of benzene rings is 1. The van der Waals surface area contributed by atoms with E-state index in [1.54, 1.807) is 0 Å². The van der Waals surface area contributed by atoms with E-state index in [1.807, 2.05) is 23.1 Å². The molecule has 1 N–H and O–H groups in total. The summed E-state index contributed by atoms with van der Waals surface area (Å²) in [5.41, 5.74) is 2.36. The van der Waals surface area contributed by atoms with E-state index in [2.05, 4.69) is 34.7 Å². The number of anilines is 1. The van der Waals surface area contributed by atoms with E-state index in [0.717, 1.165) is 17.5 Å². The van der Waals surface area contributed by atoms with Gasteiger partial charge in [-0.25, -0.2) is 4.68 Å². The lowest BCUT2D eigenvalue weighted by molar-refractivity contribution is 0.568. The fourth-order valence-electron chi connectivity index (χ4n) is 2.88. The SMILES string of the molecule is c1cc(NC(C2CC2)C2CC2)cc(-n2cccn2)c1. The Labute approximate surface area is 113 Å². The highest BCUT2D eigenvalue weighted by Gasteiger charge is 2.41. The summed E-state index contributed by atoms with van der Waals surface area (Å²) in [6, 6.07) is 11.2. The van der Waals surface area contributed by atoms with Crippen LogP contribution < -0.4 is 5.32 Å². The first-order valence-electron chi connectivity index (χ1n) is 7.27. The van der Waals surface area contributed by atoms with Crippen molar-refractivity contribution >= 4 is 5.69 Å². The Morgan fingerprint density at radius 1 is 1.11 bits per heavy atom. The van der Waals surface area contributed by atoms with Crippen molar-refractivity contribution in [3.8, 4) is 5.69 Å². The van der Waals surface area contributed by atoms with Crippen molar-refractivity contribution in [2.45, 2.75) is 31.7 Å². The van der Waals surface area contributed by atoms with Gasteiger partial charge in [0.25, 0.3) is 0 Å². The maximum Gasteiger partial charge on any atom is 0.0666 e. The first-order chi connectivity index (χ1) is 9.40. The van der Waals surface area contributed by atoms with Gasteiger partial charge in [0.15, 0.2) is 0 Å². The summed E-state index contributed by atoms with van der Waals surface area (Å²) in [7, 11) is 0. The minimum absolute atomic E-state index is 0.702. The van der Waals surface area contributed by atoms with Crippen molar-refractivity contribution in [2.75, 3.05) is 5.32 Å². The summed E-state index contributed by atoms with van der Waals surface area (Å²) in [5.74, 6) is 1.83. The molecular formula is C16H19N3. The summed E-state index contributed by atoms with van der Waals surface area (Å²) in [5, 5.41) is 8.05. The molecule has 0 atom stereocenters. The third-order valence-corrected chi connectivity index (χ3v) is 4.21. The van der Waals surface area contributed by atoms with Gasteiger partial charge in [0.2, 0.25) is 0 Å². The van der Waals surface area contributed by atoms with E-state index in [9.17, 15) is 0 Å². The van der Waals surface area contributed by atoms with Crippen LogP contribution in [0.3, 0.4) is 0 Å². The van der Waals surface area contributed by atoms with Crippen LogP contribution in [-0.2, 0) is 0 Å². The Kier molecular flexibility index (Phi) is 2.57. The highest BCUT2D eigenvalue weighted by Crippen LogP contribution is 2.45. The van der Waals surface area contributed by atoms with E-state index in [-0.39, 0.29) is 0 Å². The third-order valence-electron chi connectivity index (χ3n) is 4.21. The molecule has 2 aliphatic rings. The monoisotopic (exact) mass is 253 g/mol. The minimum atomic E-state index is 0.702. The molecule has 2 aliphatic carbocycles. The van der Waals surface area contributed by atoms with Crippen LogP contribution in [0.5, 0.6) is 0 Å². The zero-order chi connectivity index (χ0) is 12.7. The fourth-order valence-corrected chi connectivity index (χ4v) is 2.88. The van der Waals surface area contributed by atoms with Crippen LogP contribution in [0.2, 0.25) is 0 Å². The predicted octanol–water partition coefficient (Wildman–Crippen LogP) is 3.47. The lowest BCUT2D eigenvalue weighted by Crippen LogP contribution is -2.24. The Balaban J connectivity index is 1.55. The molecule has 0 bridgehead atoms. The summed E-state index contributed by atoms with van der Waals surface area (Å²) < 4.78 is 1.91. The van der Waals surface area contributed by atoms with E-state index < -0.39 is 0 Å². The maximum atomic E-state index is 4.29. The topological polar surface area (TPSA) is 29.9 Å². The average molecular weight is 253 g/mol. The molecule has 3 heteroatoms. The Morgan fingerprint density at radius 3 is 2.53 bits per heavy atom. The Morgan fingerprint density at radius 2 is 1.89 bits per heavy atom. The van der Waals surface area contributed by atoms with Crippen LogP contribution in [0.1, 0.15) is 25.7 Å². The van der Waals surface area contributed by atoms with Crippen LogP contribution in [-0.4, -0.2) is 15.8 Å². The number of rotatable bonds is 5. The molecule has 3 nitrogen and oxygen atoms in total. The van der Waals surface area contributed by atoms with Gasteiger partial charge < -0.3 is 5.32 Å². The second-order valence-electron chi connectivity index (χ2n) is 5.85. The van der Waals surface area contributed by atoms with Gasteiger partial charge in [0, 0.05) is 24.1 Å². The summed E-state index contributed by atoms with van der Waals surface area (Å²) >= 11 is 0. The van der Waals surface area contributed by atoms with E-state index >= 15 is 0 Å². The smallest absolute Gasteiger partial charge is 0.0666 e. The zero-order valence-electron chi connectivity index (χ0n) is 11.0. The highest BCUT2D eigenvalue weighted by atomic mass is 15.3. The van der Waals surface area contributed by atoms with Gasteiger partial charge in [-0.3, -0.25) is 0 Å². The lowest BCUT2D eigenvalue weighted by Gasteiger charge is -2.19. The molecule has 0 saturated heterocycles. The average Bonchev–Trinajstić information content (AvgIpc) is 3.36. The van der Waals surface area contributed by atoms with Crippen molar-refractivity contribution < 1.29 is 0 Å². The number of hydrogen-bond donors (Lipinski definition) is 1. The third kappa shape index (κ3) is 2.37. The predicted molar refractivity (Wildman–Crippen MR) is 76.4 cm³/mol. The van der Waals surface area contributed by atoms with E-state index in [4.69, 9.17) is 0 Å². The van der Waals surface area contributed by atoms with E-state index in [0.29, 0.717) is 6.04 Å². The second-order valence-corrected chi connectivity index (χ2v) is 5.85. The molecule has 0 spiro atoms. The largest absolute Gasteiger partial charge is 0.382 e. The molecule has 98 valence electrons. The summed E-state index contributed by atoms with van der Waals surface area (Å²) in [6.45, 7) is 0. The second kappa shape index (κ2) is 4.41. The molecule has 0 unspecified atom stereocenters. The first-order valence-corrected chi connectivity index (χ1v) is 7.27. The normalized spacial score (nSPS) is 18.8. The van der Waals surface area contributed by atoms with Crippen molar-refractivity contribution in [1.82, 2.24) is 9.78 Å². The summed E-state index contributed by atoms with van der Waals surface area (Å²) in [6.07, 6.45) is 9.44. The van der Waals surface area contributed by atoms with Gasteiger partial charge in [0.05, 0.1) is 5.69 Å². The molecule has 0 amide bonds. The standard InChI is InChI=1S/C16H19N3/c1-3-14(11-15(4-1)19-10-2-9-17-19)18-16(12-5-6-12)13-7-8-13/h1-4,9-13,16,18H,5-8H2. The van der Waals surface area contributed by atoms with Gasteiger partial charge in [-0.2, -0.15) is 5.10 Å². The molecule has 2 fully saturated rings. The van der Waals surface area contributed by atoms with Crippen LogP contribution in [0, 0.1) is 11.8 Å². The van der Waals surface area contributed by atoms with Crippen molar-refractivity contribution in [2.24, 2.45) is 11.8 Å². The van der Waals surface area contributed by atoms with Gasteiger partial charge >= 0.3 is 0 Å².